The largest absolute Gasteiger partial charge is 0.490 e. The third-order valence-electron chi connectivity index (χ3n) is 5.15. The standard InChI is InChI=1S/C24H22N4O5/c1-4-32-19-12-8-9-16-13-18(24(31)33-21(16)19)22(29)26-25-14(2)20-15(3)27-28(23(20)30)17-10-6-5-7-11-17/h5-13,20H,4H2,1-3H3,(H,26,29)/b25-14-. The number of rotatable bonds is 6. The number of amides is 2. The number of nitrogens with zero attached hydrogens (tertiary/aromatic N) is 3. The second kappa shape index (κ2) is 9.07. The Morgan fingerprint density at radius 2 is 1.94 bits per heavy atom. The number of carbonyl (C=O) groups excluding carboxylic acids is 2. The zero-order valence-electron chi connectivity index (χ0n) is 18.4. The first-order valence-corrected chi connectivity index (χ1v) is 10.4. The molecule has 2 amide bonds. The SMILES string of the molecule is CCOc1cccc2cc(C(=O)N/N=C(/C)C3C(=O)N(c4ccccc4)N=C3C)c(=O)oc12. The van der Waals surface area contributed by atoms with Gasteiger partial charge in [-0.25, -0.2) is 10.2 Å². The van der Waals surface area contributed by atoms with Gasteiger partial charge in [0.15, 0.2) is 11.3 Å². The summed E-state index contributed by atoms with van der Waals surface area (Å²) in [5.41, 5.74) is 3.13. The number of ether oxygens (including phenoxy) is 1. The van der Waals surface area contributed by atoms with Gasteiger partial charge in [-0.15, -0.1) is 0 Å². The van der Waals surface area contributed by atoms with Crippen molar-refractivity contribution >= 4 is 39.9 Å². The van der Waals surface area contributed by atoms with Crippen LogP contribution in [0.1, 0.15) is 31.1 Å². The van der Waals surface area contributed by atoms with Gasteiger partial charge in [-0.05, 0) is 45.0 Å². The Hall–Kier alpha value is -4.27. The molecule has 0 fully saturated rings. The number of benzene rings is 2. The molecule has 0 spiro atoms. The van der Waals surface area contributed by atoms with Gasteiger partial charge in [0.2, 0.25) is 0 Å². The summed E-state index contributed by atoms with van der Waals surface area (Å²) < 4.78 is 10.8. The van der Waals surface area contributed by atoms with Gasteiger partial charge < -0.3 is 9.15 Å². The van der Waals surface area contributed by atoms with Crippen molar-refractivity contribution in [2.75, 3.05) is 11.6 Å². The van der Waals surface area contributed by atoms with Gasteiger partial charge in [-0.1, -0.05) is 30.3 Å². The van der Waals surface area contributed by atoms with E-state index in [0.29, 0.717) is 34.9 Å². The van der Waals surface area contributed by atoms with Crippen molar-refractivity contribution in [1.82, 2.24) is 5.43 Å². The van der Waals surface area contributed by atoms with Crippen LogP contribution in [0, 0.1) is 5.92 Å². The van der Waals surface area contributed by atoms with E-state index in [4.69, 9.17) is 9.15 Å². The van der Waals surface area contributed by atoms with E-state index < -0.39 is 17.5 Å². The number of nitrogens with one attached hydrogen (secondary N) is 1. The Bertz CT molecular complexity index is 1340. The minimum Gasteiger partial charge on any atom is -0.490 e. The van der Waals surface area contributed by atoms with Gasteiger partial charge in [0, 0.05) is 5.39 Å². The van der Waals surface area contributed by atoms with Gasteiger partial charge in [0.25, 0.3) is 11.8 Å². The smallest absolute Gasteiger partial charge is 0.349 e. The van der Waals surface area contributed by atoms with E-state index in [0.717, 1.165) is 0 Å². The zero-order valence-corrected chi connectivity index (χ0v) is 18.4. The van der Waals surface area contributed by atoms with Crippen molar-refractivity contribution in [3.63, 3.8) is 0 Å². The van der Waals surface area contributed by atoms with Crippen molar-refractivity contribution in [2.45, 2.75) is 20.8 Å². The molecule has 9 nitrogen and oxygen atoms in total. The molecule has 168 valence electrons. The van der Waals surface area contributed by atoms with Crippen LogP contribution >= 0.6 is 0 Å². The average Bonchev–Trinajstić information content (AvgIpc) is 3.12. The summed E-state index contributed by atoms with van der Waals surface area (Å²) in [6, 6.07) is 15.6. The molecule has 2 aromatic carbocycles. The fourth-order valence-corrected chi connectivity index (χ4v) is 3.61. The highest BCUT2D eigenvalue weighted by Gasteiger charge is 2.36. The fourth-order valence-electron chi connectivity index (χ4n) is 3.61. The molecule has 3 aromatic rings. The van der Waals surface area contributed by atoms with Crippen LogP contribution in [-0.2, 0) is 4.79 Å². The first-order chi connectivity index (χ1) is 15.9. The van der Waals surface area contributed by atoms with Crippen LogP contribution in [0.25, 0.3) is 11.0 Å². The van der Waals surface area contributed by atoms with Crippen molar-refractivity contribution in [3.8, 4) is 5.75 Å². The molecule has 33 heavy (non-hydrogen) atoms. The molecule has 1 atom stereocenters. The highest BCUT2D eigenvalue weighted by Crippen LogP contribution is 2.26. The maximum atomic E-state index is 12.9. The molecule has 0 saturated carbocycles. The van der Waals surface area contributed by atoms with E-state index in [9.17, 15) is 14.4 Å². The summed E-state index contributed by atoms with van der Waals surface area (Å²) in [6.45, 7) is 5.57. The summed E-state index contributed by atoms with van der Waals surface area (Å²) in [5.74, 6) is -1.31. The van der Waals surface area contributed by atoms with E-state index in [2.05, 4.69) is 15.6 Å². The second-order valence-corrected chi connectivity index (χ2v) is 7.41. The van der Waals surface area contributed by atoms with E-state index in [-0.39, 0.29) is 17.1 Å². The zero-order chi connectivity index (χ0) is 23.5. The Balaban J connectivity index is 1.54. The molecule has 0 saturated heterocycles. The highest BCUT2D eigenvalue weighted by atomic mass is 16.5. The number of fused-ring (bicyclic) bond motifs is 1. The minimum atomic E-state index is -0.815. The lowest BCUT2D eigenvalue weighted by molar-refractivity contribution is -0.118. The van der Waals surface area contributed by atoms with Crippen molar-refractivity contribution < 1.29 is 18.7 Å². The number of anilines is 1. The topological polar surface area (TPSA) is 114 Å². The van der Waals surface area contributed by atoms with Gasteiger partial charge in [0.05, 0.1) is 23.7 Å². The van der Waals surface area contributed by atoms with Crippen LogP contribution < -0.4 is 20.8 Å². The third kappa shape index (κ3) is 4.25. The van der Waals surface area contributed by atoms with Crippen LogP contribution in [0.15, 0.2) is 74.0 Å². The van der Waals surface area contributed by atoms with Crippen LogP contribution in [0.4, 0.5) is 5.69 Å². The Morgan fingerprint density at radius 1 is 1.18 bits per heavy atom. The lowest BCUT2D eigenvalue weighted by Crippen LogP contribution is -2.33. The molecular formula is C24H22N4O5. The lowest BCUT2D eigenvalue weighted by Gasteiger charge is -2.14. The number of hydrazone groups is 2. The predicted molar refractivity (Wildman–Crippen MR) is 125 cm³/mol. The maximum absolute atomic E-state index is 12.9. The molecule has 1 aliphatic heterocycles. The highest BCUT2D eigenvalue weighted by molar-refractivity contribution is 6.27. The summed E-state index contributed by atoms with van der Waals surface area (Å²) >= 11 is 0. The lowest BCUT2D eigenvalue weighted by atomic mass is 9.99. The molecule has 2 heterocycles. The summed E-state index contributed by atoms with van der Waals surface area (Å²) in [6.07, 6.45) is 0. The number of hydrogen-bond donors (Lipinski definition) is 1. The van der Waals surface area contributed by atoms with E-state index in [1.54, 1.807) is 44.2 Å². The van der Waals surface area contributed by atoms with Crippen LogP contribution in [0.5, 0.6) is 5.75 Å². The van der Waals surface area contributed by atoms with Crippen molar-refractivity contribution in [3.05, 3.63) is 70.6 Å². The number of para-hydroxylation sites is 2. The first kappa shape index (κ1) is 21.9. The number of hydrogen-bond acceptors (Lipinski definition) is 7. The minimum absolute atomic E-state index is 0.207. The second-order valence-electron chi connectivity index (χ2n) is 7.41. The maximum Gasteiger partial charge on any atom is 0.349 e. The number of carbonyl (C=O) groups is 2. The van der Waals surface area contributed by atoms with Crippen LogP contribution in [0.3, 0.4) is 0 Å². The van der Waals surface area contributed by atoms with Gasteiger partial charge in [-0.3, -0.25) is 9.59 Å². The normalized spacial score (nSPS) is 16.2. The van der Waals surface area contributed by atoms with Gasteiger partial charge >= 0.3 is 5.63 Å². The van der Waals surface area contributed by atoms with Crippen molar-refractivity contribution in [1.29, 1.82) is 0 Å². The molecule has 9 heteroatoms. The monoisotopic (exact) mass is 446 g/mol. The molecule has 1 aliphatic rings. The van der Waals surface area contributed by atoms with E-state index in [1.807, 2.05) is 25.1 Å². The first-order valence-electron chi connectivity index (χ1n) is 10.4. The molecule has 1 aromatic heterocycles. The molecule has 0 bridgehead atoms. The molecule has 1 unspecified atom stereocenters. The molecule has 0 aliphatic carbocycles. The van der Waals surface area contributed by atoms with Gasteiger partial charge in [-0.2, -0.15) is 15.2 Å². The Morgan fingerprint density at radius 3 is 2.67 bits per heavy atom. The third-order valence-corrected chi connectivity index (χ3v) is 5.15. The fraction of sp³-hybridized carbons (Fsp3) is 0.208. The summed E-state index contributed by atoms with van der Waals surface area (Å²) in [4.78, 5) is 38.0. The quantitative estimate of drug-likeness (QED) is 0.354. The van der Waals surface area contributed by atoms with E-state index >= 15 is 0 Å². The summed E-state index contributed by atoms with van der Waals surface area (Å²) in [5, 5.41) is 10.2. The molecular weight excluding hydrogens is 424 g/mol. The molecule has 1 N–H and O–H groups in total. The Labute approximate surface area is 189 Å². The van der Waals surface area contributed by atoms with E-state index in [1.165, 1.54) is 11.1 Å². The van der Waals surface area contributed by atoms with Crippen molar-refractivity contribution in [2.24, 2.45) is 16.1 Å². The molecule has 0 radical (unpaired) electrons. The molecule has 4 rings (SSSR count). The predicted octanol–water partition coefficient (Wildman–Crippen LogP) is 3.34. The summed E-state index contributed by atoms with van der Waals surface area (Å²) in [7, 11) is 0. The van der Waals surface area contributed by atoms with Gasteiger partial charge in [0.1, 0.15) is 11.5 Å². The van der Waals surface area contributed by atoms with Crippen LogP contribution in [-0.4, -0.2) is 29.8 Å². The van der Waals surface area contributed by atoms with Crippen LogP contribution in [0.2, 0.25) is 0 Å². The average molecular weight is 446 g/mol. The Kier molecular flexibility index (Phi) is 6.03.